The fourth-order valence-electron chi connectivity index (χ4n) is 8.81. The third kappa shape index (κ3) is 6.93. The predicted molar refractivity (Wildman–Crippen MR) is 175 cm³/mol. The number of rotatable bonds is 7. The average Bonchev–Trinajstić information content (AvgIpc) is 3.77. The number of hydrogen-bond acceptors (Lipinski definition) is 6. The van der Waals surface area contributed by atoms with Crippen LogP contribution in [0.5, 0.6) is 5.88 Å². The van der Waals surface area contributed by atoms with Crippen molar-refractivity contribution in [2.24, 2.45) is 22.7 Å². The number of sulfonamides is 1. The van der Waals surface area contributed by atoms with Gasteiger partial charge in [-0.15, -0.1) is 0 Å². The maximum Gasteiger partial charge on any atom is 0.394 e. The summed E-state index contributed by atoms with van der Waals surface area (Å²) in [5, 5.41) is 2.99. The first-order valence-corrected chi connectivity index (χ1v) is 18.5. The Labute approximate surface area is 287 Å². The van der Waals surface area contributed by atoms with Crippen LogP contribution >= 0.6 is 0 Å². The van der Waals surface area contributed by atoms with Crippen molar-refractivity contribution in [1.82, 2.24) is 15.3 Å². The lowest BCUT2D eigenvalue weighted by Gasteiger charge is -2.60. The molecule has 50 heavy (non-hydrogen) atoms. The van der Waals surface area contributed by atoms with Gasteiger partial charge in [0.15, 0.2) is 0 Å². The summed E-state index contributed by atoms with van der Waals surface area (Å²) in [6.07, 6.45) is -6.90. The van der Waals surface area contributed by atoms with Crippen molar-refractivity contribution < 1.29 is 39.5 Å². The van der Waals surface area contributed by atoms with E-state index >= 15 is 0 Å². The minimum Gasteiger partial charge on any atom is -0.477 e. The standard InChI is InChI=1S/C36H40F6N4O3S/c1-21-5-3-6-22(2)30(21)28-14-29-45-32(44-28)46-50(47,48)27-8-4-7-23(13-27)31(25(20-49-29)17-34(9-10-34)36(40,41)42)24-15-33(16-24)18-26(19-33)43-12-11-35(37,38)39/h3-8,13-14,24-26,31,43H,9-12,15-20H2,1-2H3,(H,44,45,46)/t24?,25-,26?,31?,33?/m1/s1. The van der Waals surface area contributed by atoms with Crippen LogP contribution in [-0.4, -0.2) is 49.9 Å². The molecule has 1 spiro atoms. The molecule has 3 fully saturated rings. The van der Waals surface area contributed by atoms with E-state index in [4.69, 9.17) is 4.74 Å². The highest BCUT2D eigenvalue weighted by Crippen LogP contribution is 2.66. The molecule has 4 bridgehead atoms. The van der Waals surface area contributed by atoms with Crippen LogP contribution in [-0.2, 0) is 10.0 Å². The number of aryl methyl sites for hydroxylation is 2. The van der Waals surface area contributed by atoms with E-state index in [1.54, 1.807) is 18.2 Å². The van der Waals surface area contributed by atoms with E-state index in [0.717, 1.165) is 16.7 Å². The summed E-state index contributed by atoms with van der Waals surface area (Å²) in [4.78, 5) is 8.83. The molecule has 1 aliphatic heterocycles. The van der Waals surface area contributed by atoms with Crippen LogP contribution in [0.15, 0.2) is 53.4 Å². The quantitative estimate of drug-likeness (QED) is 0.238. The molecule has 1 aromatic heterocycles. The molecule has 2 N–H and O–H groups in total. The lowest BCUT2D eigenvalue weighted by Crippen LogP contribution is -2.56. The molecule has 270 valence electrons. The fourth-order valence-corrected chi connectivity index (χ4v) is 9.81. The summed E-state index contributed by atoms with van der Waals surface area (Å²) < 4.78 is 118. The third-order valence-corrected chi connectivity index (χ3v) is 12.7. The number of halogens is 6. The number of anilines is 1. The second kappa shape index (κ2) is 12.4. The number of nitrogens with one attached hydrogen (secondary N) is 2. The van der Waals surface area contributed by atoms with Crippen molar-refractivity contribution in [3.8, 4) is 17.1 Å². The summed E-state index contributed by atoms with van der Waals surface area (Å²) in [7, 11) is -4.21. The lowest BCUT2D eigenvalue weighted by molar-refractivity contribution is -0.194. The van der Waals surface area contributed by atoms with Crippen LogP contribution < -0.4 is 14.8 Å². The van der Waals surface area contributed by atoms with Crippen molar-refractivity contribution >= 4 is 16.0 Å². The molecule has 7 nitrogen and oxygen atoms in total. The van der Waals surface area contributed by atoms with Crippen molar-refractivity contribution in [2.45, 2.75) is 94.4 Å². The third-order valence-electron chi connectivity index (χ3n) is 11.4. The second-order valence-electron chi connectivity index (χ2n) is 15.0. The SMILES string of the molecule is Cc1cccc(C)c1-c1cc2nc(n1)NS(=O)(=O)c1cccc(c1)C(C1CC3(CC(NCCC(F)(F)F)C3)C1)[C@H](CC1(C(F)(F)F)CC1)CO2. The van der Waals surface area contributed by atoms with Gasteiger partial charge < -0.3 is 10.1 Å². The van der Waals surface area contributed by atoms with Crippen LogP contribution in [0.25, 0.3) is 11.3 Å². The number of alkyl halides is 6. The van der Waals surface area contributed by atoms with E-state index in [1.165, 1.54) is 12.1 Å². The predicted octanol–water partition coefficient (Wildman–Crippen LogP) is 8.49. The molecular weight excluding hydrogens is 682 g/mol. The van der Waals surface area contributed by atoms with Crippen molar-refractivity contribution in [2.75, 3.05) is 17.9 Å². The van der Waals surface area contributed by atoms with E-state index in [9.17, 15) is 34.8 Å². The molecule has 0 amide bonds. The van der Waals surface area contributed by atoms with Crippen LogP contribution in [0.3, 0.4) is 0 Å². The van der Waals surface area contributed by atoms with Gasteiger partial charge in [-0.05, 0) is 105 Å². The maximum atomic E-state index is 14.5. The van der Waals surface area contributed by atoms with Crippen LogP contribution in [0.1, 0.15) is 74.0 Å². The number of ether oxygens (including phenoxy) is 1. The molecule has 0 radical (unpaired) electrons. The van der Waals surface area contributed by atoms with Gasteiger partial charge in [0.05, 0.1) is 29.0 Å². The smallest absolute Gasteiger partial charge is 0.394 e. The highest BCUT2D eigenvalue weighted by molar-refractivity contribution is 7.92. The number of aromatic nitrogens is 2. The van der Waals surface area contributed by atoms with E-state index in [-0.39, 0.29) is 66.5 Å². The van der Waals surface area contributed by atoms with Crippen molar-refractivity contribution in [3.05, 3.63) is 65.2 Å². The van der Waals surface area contributed by atoms with Crippen molar-refractivity contribution in [3.63, 3.8) is 0 Å². The molecule has 0 saturated heterocycles. The zero-order valence-electron chi connectivity index (χ0n) is 27.8. The summed E-state index contributed by atoms with van der Waals surface area (Å²) >= 11 is 0. The van der Waals surface area contributed by atoms with E-state index in [1.807, 2.05) is 32.0 Å². The Morgan fingerprint density at radius 2 is 1.62 bits per heavy atom. The molecule has 2 heterocycles. The first kappa shape index (κ1) is 35.0. The Balaban J connectivity index is 1.23. The summed E-state index contributed by atoms with van der Waals surface area (Å²) in [6.45, 7) is 3.58. The van der Waals surface area contributed by atoms with Crippen LogP contribution in [0.4, 0.5) is 32.3 Å². The van der Waals surface area contributed by atoms with E-state index < -0.39 is 46.0 Å². The molecule has 1 unspecified atom stereocenters. The van der Waals surface area contributed by atoms with Gasteiger partial charge in [-0.1, -0.05) is 30.3 Å². The molecule has 3 saturated carbocycles. The number of nitrogens with zero attached hydrogens (tertiary/aromatic N) is 2. The van der Waals surface area contributed by atoms with Gasteiger partial charge in [0.25, 0.3) is 10.0 Å². The molecule has 3 aromatic rings. The summed E-state index contributed by atoms with van der Waals surface area (Å²) in [6, 6.07) is 13.6. The minimum absolute atomic E-state index is 0.0201. The summed E-state index contributed by atoms with van der Waals surface area (Å²) in [5.74, 6) is -1.31. The van der Waals surface area contributed by atoms with Gasteiger partial charge in [-0.25, -0.2) is 18.1 Å². The van der Waals surface area contributed by atoms with Gasteiger partial charge in [0.2, 0.25) is 11.8 Å². The Hall–Kier alpha value is -3.39. The molecule has 7 rings (SSSR count). The zero-order valence-corrected chi connectivity index (χ0v) is 28.6. The van der Waals surface area contributed by atoms with Gasteiger partial charge >= 0.3 is 12.4 Å². The molecular formula is C36H40F6N4O3S. The topological polar surface area (TPSA) is 93.2 Å². The first-order valence-electron chi connectivity index (χ1n) is 17.0. The highest BCUT2D eigenvalue weighted by atomic mass is 32.2. The molecule has 2 aromatic carbocycles. The van der Waals surface area contributed by atoms with E-state index in [0.29, 0.717) is 36.9 Å². The molecule has 14 heteroatoms. The van der Waals surface area contributed by atoms with Gasteiger partial charge in [-0.2, -0.15) is 31.3 Å². The zero-order chi connectivity index (χ0) is 35.7. The monoisotopic (exact) mass is 722 g/mol. The molecule has 4 aliphatic rings. The van der Waals surface area contributed by atoms with E-state index in [2.05, 4.69) is 20.0 Å². The van der Waals surface area contributed by atoms with Gasteiger partial charge in [0, 0.05) is 30.1 Å². The average molecular weight is 723 g/mol. The second-order valence-corrected chi connectivity index (χ2v) is 16.7. The largest absolute Gasteiger partial charge is 0.477 e. The Morgan fingerprint density at radius 1 is 0.940 bits per heavy atom. The van der Waals surface area contributed by atoms with Crippen LogP contribution in [0, 0.1) is 36.5 Å². The Bertz CT molecular complexity index is 1840. The summed E-state index contributed by atoms with van der Waals surface area (Å²) in [5.41, 5.74) is 1.66. The number of fused-ring (bicyclic) bond motifs is 4. The van der Waals surface area contributed by atoms with Crippen LogP contribution in [0.2, 0.25) is 0 Å². The van der Waals surface area contributed by atoms with Gasteiger partial charge in [-0.3, -0.25) is 0 Å². The lowest BCUT2D eigenvalue weighted by atomic mass is 9.46. The number of benzene rings is 2. The highest BCUT2D eigenvalue weighted by Gasteiger charge is 2.64. The fraction of sp³-hybridized carbons (Fsp3) is 0.556. The van der Waals surface area contributed by atoms with Gasteiger partial charge in [0.1, 0.15) is 0 Å². The Kier molecular flexibility index (Phi) is 8.68. The number of hydrogen-bond donors (Lipinski definition) is 2. The molecule has 2 atom stereocenters. The maximum absolute atomic E-state index is 14.5. The van der Waals surface area contributed by atoms with Crippen molar-refractivity contribution in [1.29, 1.82) is 0 Å². The Morgan fingerprint density at radius 3 is 2.26 bits per heavy atom. The first-order chi connectivity index (χ1) is 23.4. The normalized spacial score (nSPS) is 28.2. The minimum atomic E-state index is -4.40. The molecule has 3 aliphatic carbocycles.